The maximum Gasteiger partial charge on any atom is 0.360 e. The van der Waals surface area contributed by atoms with E-state index in [2.05, 4.69) is 9.36 Å². The Morgan fingerprint density at radius 3 is 2.70 bits per heavy atom. The molecule has 23 heavy (non-hydrogen) atoms. The Labute approximate surface area is 141 Å². The van der Waals surface area contributed by atoms with Crippen LogP contribution in [0.15, 0.2) is 24.3 Å². The van der Waals surface area contributed by atoms with Gasteiger partial charge < -0.3 is 9.84 Å². The molecule has 0 saturated carbocycles. The van der Waals surface area contributed by atoms with Crippen molar-refractivity contribution in [2.75, 3.05) is 6.61 Å². The molecule has 0 fully saturated rings. The molecule has 3 rings (SSSR count). The summed E-state index contributed by atoms with van der Waals surface area (Å²) in [4.78, 5) is 16.2. The quantitative estimate of drug-likeness (QED) is 0.718. The SMILES string of the molecule is CCOC(=O)c1nc(C)c2snc(-c3ccc(Cl)cc3)c2c1O. The van der Waals surface area contributed by atoms with Crippen LogP contribution in [0.3, 0.4) is 0 Å². The van der Waals surface area contributed by atoms with Crippen LogP contribution in [0.4, 0.5) is 0 Å². The molecule has 0 aliphatic heterocycles. The second-order valence-electron chi connectivity index (χ2n) is 4.86. The molecule has 0 aliphatic carbocycles. The smallest absolute Gasteiger partial charge is 0.360 e. The van der Waals surface area contributed by atoms with Gasteiger partial charge in [-0.1, -0.05) is 23.7 Å². The molecule has 0 bridgehead atoms. The molecule has 3 aromatic rings. The number of aromatic hydroxyl groups is 1. The zero-order chi connectivity index (χ0) is 16.6. The number of fused-ring (bicyclic) bond motifs is 1. The largest absolute Gasteiger partial charge is 0.505 e. The molecular formula is C16H13ClN2O3S. The number of halogens is 1. The molecule has 0 atom stereocenters. The summed E-state index contributed by atoms with van der Waals surface area (Å²) in [7, 11) is 0. The molecule has 0 unspecified atom stereocenters. The minimum absolute atomic E-state index is 0.0905. The van der Waals surface area contributed by atoms with E-state index in [0.717, 1.165) is 10.3 Å². The Kier molecular flexibility index (Phi) is 4.19. The van der Waals surface area contributed by atoms with E-state index in [1.807, 2.05) is 12.1 Å². The third-order valence-electron chi connectivity index (χ3n) is 3.35. The lowest BCUT2D eigenvalue weighted by Gasteiger charge is -2.07. The highest BCUT2D eigenvalue weighted by atomic mass is 35.5. The Bertz CT molecular complexity index is 890. The van der Waals surface area contributed by atoms with Crippen LogP contribution in [0.5, 0.6) is 5.75 Å². The highest BCUT2D eigenvalue weighted by Crippen LogP contribution is 2.39. The molecular weight excluding hydrogens is 336 g/mol. The lowest BCUT2D eigenvalue weighted by molar-refractivity contribution is 0.0516. The van der Waals surface area contributed by atoms with Crippen LogP contribution in [0.2, 0.25) is 5.02 Å². The minimum atomic E-state index is -0.650. The van der Waals surface area contributed by atoms with Gasteiger partial charge in [-0.2, -0.15) is 4.37 Å². The highest BCUT2D eigenvalue weighted by Gasteiger charge is 2.23. The van der Waals surface area contributed by atoms with Crippen molar-refractivity contribution in [1.29, 1.82) is 0 Å². The van der Waals surface area contributed by atoms with E-state index in [9.17, 15) is 9.90 Å². The number of rotatable bonds is 3. The van der Waals surface area contributed by atoms with Gasteiger partial charge in [0.1, 0.15) is 0 Å². The van der Waals surface area contributed by atoms with E-state index in [0.29, 0.717) is 21.8 Å². The van der Waals surface area contributed by atoms with E-state index in [-0.39, 0.29) is 18.1 Å². The predicted octanol–water partition coefficient (Wildman–Crippen LogP) is 4.20. The Balaban J connectivity index is 2.25. The van der Waals surface area contributed by atoms with Crippen molar-refractivity contribution in [2.24, 2.45) is 0 Å². The number of hydrogen-bond donors (Lipinski definition) is 1. The third kappa shape index (κ3) is 2.75. The number of ether oxygens (including phenoxy) is 1. The van der Waals surface area contributed by atoms with Crippen molar-refractivity contribution in [3.05, 3.63) is 40.7 Å². The monoisotopic (exact) mass is 348 g/mol. The standard InChI is InChI=1S/C16H13ClN2O3S/c1-3-22-16(21)13-14(20)11-12(9-4-6-10(17)7-5-9)19-23-15(11)8(2)18-13/h4-7,20H,3H2,1-2H3. The first-order valence-corrected chi connectivity index (χ1v) is 8.10. The third-order valence-corrected chi connectivity index (χ3v) is 4.56. The van der Waals surface area contributed by atoms with Gasteiger partial charge in [0.25, 0.3) is 0 Å². The summed E-state index contributed by atoms with van der Waals surface area (Å²) >= 11 is 7.14. The van der Waals surface area contributed by atoms with Crippen LogP contribution in [-0.4, -0.2) is 27.0 Å². The average molecular weight is 349 g/mol. The first-order valence-electron chi connectivity index (χ1n) is 6.95. The average Bonchev–Trinajstić information content (AvgIpc) is 2.97. The normalized spacial score (nSPS) is 10.9. The maximum atomic E-state index is 12.0. The number of benzene rings is 1. The Morgan fingerprint density at radius 1 is 1.35 bits per heavy atom. The van der Waals surface area contributed by atoms with E-state index in [1.54, 1.807) is 26.0 Å². The van der Waals surface area contributed by atoms with Crippen molar-refractivity contribution in [1.82, 2.24) is 9.36 Å². The number of hydrogen-bond acceptors (Lipinski definition) is 6. The topological polar surface area (TPSA) is 72.3 Å². The van der Waals surface area contributed by atoms with E-state index >= 15 is 0 Å². The van der Waals surface area contributed by atoms with Gasteiger partial charge in [-0.25, -0.2) is 9.78 Å². The van der Waals surface area contributed by atoms with Crippen LogP contribution in [0, 0.1) is 6.92 Å². The summed E-state index contributed by atoms with van der Waals surface area (Å²) in [5.74, 6) is -0.856. The van der Waals surface area contributed by atoms with Crippen molar-refractivity contribution < 1.29 is 14.6 Å². The van der Waals surface area contributed by atoms with Gasteiger partial charge >= 0.3 is 5.97 Å². The lowest BCUT2D eigenvalue weighted by Crippen LogP contribution is -2.08. The number of aromatic nitrogens is 2. The molecule has 1 aromatic carbocycles. The molecule has 1 N–H and O–H groups in total. The lowest BCUT2D eigenvalue weighted by atomic mass is 10.1. The number of carbonyl (C=O) groups excluding carboxylic acids is 1. The fourth-order valence-electron chi connectivity index (χ4n) is 2.29. The molecule has 0 aliphatic rings. The highest BCUT2D eigenvalue weighted by molar-refractivity contribution is 7.14. The molecule has 7 heteroatoms. The summed E-state index contributed by atoms with van der Waals surface area (Å²) < 4.78 is 10.1. The number of esters is 1. The number of pyridine rings is 1. The van der Waals surface area contributed by atoms with Crippen LogP contribution in [0.25, 0.3) is 21.3 Å². The molecule has 0 radical (unpaired) electrons. The predicted molar refractivity (Wildman–Crippen MR) is 90.2 cm³/mol. The molecule has 5 nitrogen and oxygen atoms in total. The van der Waals surface area contributed by atoms with E-state index in [1.165, 1.54) is 11.5 Å². The van der Waals surface area contributed by atoms with Gasteiger partial charge in [0.05, 0.1) is 28.1 Å². The molecule has 2 aromatic heterocycles. The second kappa shape index (κ2) is 6.14. The summed E-state index contributed by atoms with van der Waals surface area (Å²) in [5.41, 5.74) is 1.93. The Hall–Kier alpha value is -2.18. The van der Waals surface area contributed by atoms with Crippen molar-refractivity contribution in [3.8, 4) is 17.0 Å². The van der Waals surface area contributed by atoms with Crippen molar-refractivity contribution in [3.63, 3.8) is 0 Å². The number of aryl methyl sites for hydroxylation is 1. The zero-order valence-corrected chi connectivity index (χ0v) is 14.0. The Morgan fingerprint density at radius 2 is 2.04 bits per heavy atom. The number of nitrogens with zero attached hydrogens (tertiary/aromatic N) is 2. The van der Waals surface area contributed by atoms with Gasteiger partial charge in [0, 0.05) is 10.6 Å². The molecule has 2 heterocycles. The molecule has 118 valence electrons. The number of carbonyl (C=O) groups is 1. The van der Waals surface area contributed by atoms with Crippen molar-refractivity contribution in [2.45, 2.75) is 13.8 Å². The first kappa shape index (κ1) is 15.7. The summed E-state index contributed by atoms with van der Waals surface area (Å²) in [6, 6.07) is 7.13. The van der Waals surface area contributed by atoms with Gasteiger partial charge in [-0.3, -0.25) is 0 Å². The first-order chi connectivity index (χ1) is 11.0. The second-order valence-corrected chi connectivity index (χ2v) is 6.07. The van der Waals surface area contributed by atoms with Crippen LogP contribution in [-0.2, 0) is 4.74 Å². The van der Waals surface area contributed by atoms with Crippen LogP contribution < -0.4 is 0 Å². The minimum Gasteiger partial charge on any atom is -0.505 e. The molecule has 0 spiro atoms. The van der Waals surface area contributed by atoms with Gasteiger partial charge in [-0.05, 0) is 37.5 Å². The fourth-order valence-corrected chi connectivity index (χ4v) is 3.26. The molecule has 0 saturated heterocycles. The van der Waals surface area contributed by atoms with Crippen LogP contribution in [0.1, 0.15) is 23.1 Å². The van der Waals surface area contributed by atoms with E-state index < -0.39 is 5.97 Å². The van der Waals surface area contributed by atoms with Gasteiger partial charge in [0.15, 0.2) is 11.4 Å². The summed E-state index contributed by atoms with van der Waals surface area (Å²) in [5, 5.41) is 11.7. The summed E-state index contributed by atoms with van der Waals surface area (Å²) in [6.07, 6.45) is 0. The van der Waals surface area contributed by atoms with Crippen molar-refractivity contribution >= 4 is 39.2 Å². The van der Waals surface area contributed by atoms with E-state index in [4.69, 9.17) is 16.3 Å². The zero-order valence-electron chi connectivity index (χ0n) is 12.5. The summed E-state index contributed by atoms with van der Waals surface area (Å²) in [6.45, 7) is 3.68. The van der Waals surface area contributed by atoms with Crippen LogP contribution >= 0.6 is 23.1 Å². The maximum absolute atomic E-state index is 12.0. The van der Waals surface area contributed by atoms with Gasteiger partial charge in [-0.15, -0.1) is 0 Å². The van der Waals surface area contributed by atoms with Gasteiger partial charge in [0.2, 0.25) is 0 Å². The molecule has 0 amide bonds. The fraction of sp³-hybridized carbons (Fsp3) is 0.188.